The number of fused-ring (bicyclic) bond motifs is 1. The molecule has 29 heavy (non-hydrogen) atoms. The number of carbonyl (C=O) groups is 1. The Morgan fingerprint density at radius 1 is 1.10 bits per heavy atom. The molecule has 5 nitrogen and oxygen atoms in total. The average molecular weight is 400 g/mol. The van der Waals surface area contributed by atoms with Gasteiger partial charge < -0.3 is 13.9 Å². The molecular weight excluding hydrogens is 382 g/mol. The molecule has 0 unspecified atom stereocenters. The lowest BCUT2D eigenvalue weighted by atomic mass is 10.1. The first-order valence-corrected chi connectivity index (χ1v) is 8.96. The molecule has 0 fully saturated rings. The van der Waals surface area contributed by atoms with Crippen molar-refractivity contribution in [3.63, 3.8) is 0 Å². The Hall–Kier alpha value is -3.48. The van der Waals surface area contributed by atoms with Crippen LogP contribution in [0.15, 0.2) is 63.8 Å². The molecule has 7 heteroatoms. The van der Waals surface area contributed by atoms with Gasteiger partial charge in [0.25, 0.3) is 0 Å². The van der Waals surface area contributed by atoms with E-state index in [0.717, 1.165) is 23.8 Å². The molecule has 0 radical (unpaired) electrons. The summed E-state index contributed by atoms with van der Waals surface area (Å²) in [7, 11) is 0. The minimum Gasteiger partial charge on any atom is -0.435 e. The van der Waals surface area contributed by atoms with E-state index in [-0.39, 0.29) is 11.5 Å². The molecule has 0 aliphatic heterocycles. The highest BCUT2D eigenvalue weighted by atomic mass is 19.3. The SMILES string of the molecule is CCCc1cc(=O)oc2cc(OC(=O)/C=C/c3ccc(OC(F)F)cc3)ccc12. The number of rotatable bonds is 7. The fraction of sp³-hybridized carbons (Fsp3) is 0.182. The van der Waals surface area contributed by atoms with Crippen molar-refractivity contribution < 1.29 is 27.5 Å². The quantitative estimate of drug-likeness (QED) is 0.243. The number of benzene rings is 2. The van der Waals surface area contributed by atoms with Crippen molar-refractivity contribution in [1.29, 1.82) is 0 Å². The molecule has 0 amide bonds. The van der Waals surface area contributed by atoms with Gasteiger partial charge in [-0.15, -0.1) is 0 Å². The second kappa shape index (κ2) is 9.14. The molecule has 0 saturated carbocycles. The molecule has 1 aromatic heterocycles. The lowest BCUT2D eigenvalue weighted by Gasteiger charge is -2.06. The fourth-order valence-electron chi connectivity index (χ4n) is 2.82. The number of alkyl halides is 2. The highest BCUT2D eigenvalue weighted by Gasteiger charge is 2.08. The third-order valence-electron chi connectivity index (χ3n) is 4.06. The van der Waals surface area contributed by atoms with Crippen LogP contribution in [-0.4, -0.2) is 12.6 Å². The topological polar surface area (TPSA) is 65.7 Å². The van der Waals surface area contributed by atoms with Crippen molar-refractivity contribution in [3.8, 4) is 11.5 Å². The van der Waals surface area contributed by atoms with Gasteiger partial charge in [-0.2, -0.15) is 8.78 Å². The fourth-order valence-corrected chi connectivity index (χ4v) is 2.82. The van der Waals surface area contributed by atoms with Crippen LogP contribution in [-0.2, 0) is 11.2 Å². The maximum absolute atomic E-state index is 12.1. The molecule has 3 aromatic rings. The Bertz CT molecular complexity index is 1080. The van der Waals surface area contributed by atoms with Crippen LogP contribution >= 0.6 is 0 Å². The molecule has 0 N–H and O–H groups in total. The lowest BCUT2D eigenvalue weighted by Crippen LogP contribution is -2.05. The molecule has 3 rings (SSSR count). The van der Waals surface area contributed by atoms with E-state index < -0.39 is 18.2 Å². The van der Waals surface area contributed by atoms with E-state index in [1.54, 1.807) is 12.1 Å². The van der Waals surface area contributed by atoms with Crippen LogP contribution in [0.25, 0.3) is 17.0 Å². The van der Waals surface area contributed by atoms with Crippen molar-refractivity contribution in [1.82, 2.24) is 0 Å². The molecule has 0 atom stereocenters. The van der Waals surface area contributed by atoms with Gasteiger partial charge in [0.15, 0.2) is 0 Å². The number of carbonyl (C=O) groups excluding carboxylic acids is 1. The molecule has 0 aliphatic rings. The van der Waals surface area contributed by atoms with Crippen molar-refractivity contribution in [2.45, 2.75) is 26.4 Å². The molecule has 2 aromatic carbocycles. The van der Waals surface area contributed by atoms with Gasteiger partial charge in [-0.3, -0.25) is 0 Å². The zero-order valence-electron chi connectivity index (χ0n) is 15.6. The number of hydrogen-bond acceptors (Lipinski definition) is 5. The normalized spacial score (nSPS) is 11.3. The zero-order chi connectivity index (χ0) is 20.8. The average Bonchev–Trinajstić information content (AvgIpc) is 2.67. The van der Waals surface area contributed by atoms with Crippen molar-refractivity contribution in [2.75, 3.05) is 0 Å². The highest BCUT2D eigenvalue weighted by Crippen LogP contribution is 2.24. The van der Waals surface area contributed by atoms with Crippen LogP contribution in [0.2, 0.25) is 0 Å². The van der Waals surface area contributed by atoms with E-state index in [2.05, 4.69) is 4.74 Å². The summed E-state index contributed by atoms with van der Waals surface area (Å²) in [6, 6.07) is 12.1. The molecule has 150 valence electrons. The summed E-state index contributed by atoms with van der Waals surface area (Å²) >= 11 is 0. The number of halogens is 2. The van der Waals surface area contributed by atoms with Crippen LogP contribution in [0.5, 0.6) is 11.5 Å². The van der Waals surface area contributed by atoms with Crippen molar-refractivity contribution in [2.24, 2.45) is 0 Å². The summed E-state index contributed by atoms with van der Waals surface area (Å²) < 4.78 is 39.0. The van der Waals surface area contributed by atoms with Gasteiger partial charge in [0.1, 0.15) is 17.1 Å². The number of aryl methyl sites for hydroxylation is 1. The second-order valence-electron chi connectivity index (χ2n) is 6.20. The van der Waals surface area contributed by atoms with Gasteiger partial charge in [0.2, 0.25) is 0 Å². The van der Waals surface area contributed by atoms with Gasteiger partial charge in [0, 0.05) is 23.6 Å². The van der Waals surface area contributed by atoms with Crippen LogP contribution in [0.4, 0.5) is 8.78 Å². The zero-order valence-corrected chi connectivity index (χ0v) is 15.6. The largest absolute Gasteiger partial charge is 0.435 e. The van der Waals surface area contributed by atoms with E-state index in [1.807, 2.05) is 6.92 Å². The van der Waals surface area contributed by atoms with Crippen LogP contribution in [0.3, 0.4) is 0 Å². The third-order valence-corrected chi connectivity index (χ3v) is 4.06. The van der Waals surface area contributed by atoms with E-state index in [0.29, 0.717) is 11.1 Å². The van der Waals surface area contributed by atoms with Gasteiger partial charge >= 0.3 is 18.2 Å². The maximum atomic E-state index is 12.1. The first-order chi connectivity index (χ1) is 13.9. The Labute approximate surface area is 165 Å². The predicted molar refractivity (Wildman–Crippen MR) is 104 cm³/mol. The molecule has 1 heterocycles. The minimum absolute atomic E-state index is 0.0276. The lowest BCUT2D eigenvalue weighted by molar-refractivity contribution is -0.128. The Kier molecular flexibility index (Phi) is 6.39. The summed E-state index contributed by atoms with van der Waals surface area (Å²) in [4.78, 5) is 23.8. The Balaban J connectivity index is 1.70. The Morgan fingerprint density at radius 3 is 2.52 bits per heavy atom. The summed E-state index contributed by atoms with van der Waals surface area (Å²) in [5.74, 6) is -0.367. The third kappa shape index (κ3) is 5.51. The molecule has 0 saturated heterocycles. The molecular formula is C22H18F2O5. The predicted octanol–water partition coefficient (Wildman–Crippen LogP) is 4.97. The van der Waals surface area contributed by atoms with Crippen molar-refractivity contribution >= 4 is 23.0 Å². The first-order valence-electron chi connectivity index (χ1n) is 8.96. The molecule has 0 spiro atoms. The number of esters is 1. The van der Waals surface area contributed by atoms with E-state index >= 15 is 0 Å². The summed E-state index contributed by atoms with van der Waals surface area (Å²) in [6.45, 7) is -0.877. The van der Waals surface area contributed by atoms with E-state index in [1.165, 1.54) is 48.6 Å². The molecule has 0 aliphatic carbocycles. The monoisotopic (exact) mass is 400 g/mol. The number of ether oxygens (including phenoxy) is 2. The summed E-state index contributed by atoms with van der Waals surface area (Å²) in [5.41, 5.74) is 1.39. The van der Waals surface area contributed by atoms with Gasteiger partial charge in [-0.25, -0.2) is 9.59 Å². The van der Waals surface area contributed by atoms with Crippen LogP contribution < -0.4 is 15.1 Å². The van der Waals surface area contributed by atoms with E-state index in [9.17, 15) is 18.4 Å². The Morgan fingerprint density at radius 2 is 1.83 bits per heavy atom. The summed E-state index contributed by atoms with van der Waals surface area (Å²) in [5, 5.41) is 0.799. The van der Waals surface area contributed by atoms with Gasteiger partial charge in [0.05, 0.1) is 0 Å². The van der Waals surface area contributed by atoms with Crippen LogP contribution in [0.1, 0.15) is 24.5 Å². The first kappa shape index (κ1) is 20.3. The standard InChI is InChI=1S/C22H18F2O5/c1-2-3-15-12-21(26)29-19-13-17(9-10-18(15)19)27-20(25)11-6-14-4-7-16(8-5-14)28-22(23)24/h4-13,22H,2-3H2,1H3/b11-6+. The highest BCUT2D eigenvalue weighted by molar-refractivity contribution is 5.89. The molecule has 0 bridgehead atoms. The number of hydrogen-bond donors (Lipinski definition) is 0. The second-order valence-corrected chi connectivity index (χ2v) is 6.20. The smallest absolute Gasteiger partial charge is 0.387 e. The summed E-state index contributed by atoms with van der Waals surface area (Å²) in [6.07, 6.45) is 4.31. The van der Waals surface area contributed by atoms with Gasteiger partial charge in [-0.1, -0.05) is 25.5 Å². The van der Waals surface area contributed by atoms with Crippen molar-refractivity contribution in [3.05, 3.63) is 76.2 Å². The van der Waals surface area contributed by atoms with Gasteiger partial charge in [-0.05, 0) is 47.9 Å². The van der Waals surface area contributed by atoms with Crippen LogP contribution in [0, 0.1) is 0 Å². The minimum atomic E-state index is -2.89. The maximum Gasteiger partial charge on any atom is 0.387 e. The van der Waals surface area contributed by atoms with E-state index in [4.69, 9.17) is 9.15 Å².